The molecule has 1 fully saturated rings. The first-order valence-corrected chi connectivity index (χ1v) is 8.74. The zero-order chi connectivity index (χ0) is 18.0. The third-order valence-electron chi connectivity index (χ3n) is 4.64. The Morgan fingerprint density at radius 1 is 1.36 bits per heavy atom. The Kier molecular flexibility index (Phi) is 5.03. The van der Waals surface area contributed by atoms with E-state index in [0.29, 0.717) is 6.04 Å². The summed E-state index contributed by atoms with van der Waals surface area (Å²) in [6, 6.07) is 7.70. The number of hydrogen-bond acceptors (Lipinski definition) is 4. The number of carbonyl (C=O) groups is 2. The van der Waals surface area contributed by atoms with Crippen LogP contribution < -0.4 is 11.1 Å². The number of imide groups is 1. The van der Waals surface area contributed by atoms with Crippen LogP contribution >= 0.6 is 0 Å². The highest BCUT2D eigenvalue weighted by Gasteiger charge is 2.28. The SMILES string of the molecule is CC(C)n1c([C@H]2CCCN(CC(=O)NC(N)=O)C2)nc2ccccc21. The topological polar surface area (TPSA) is 93.3 Å². The molecule has 3 amide bonds. The summed E-state index contributed by atoms with van der Waals surface area (Å²) in [5, 5.41) is 2.13. The van der Waals surface area contributed by atoms with Crippen LogP contribution in [0.1, 0.15) is 44.5 Å². The molecule has 3 rings (SSSR count). The molecule has 2 heterocycles. The molecule has 1 saturated heterocycles. The Bertz CT molecular complexity index is 783. The van der Waals surface area contributed by atoms with Crippen molar-refractivity contribution in [2.75, 3.05) is 19.6 Å². The van der Waals surface area contributed by atoms with Gasteiger partial charge in [0.2, 0.25) is 5.91 Å². The highest BCUT2D eigenvalue weighted by atomic mass is 16.2. The molecule has 1 aromatic heterocycles. The van der Waals surface area contributed by atoms with Crippen molar-refractivity contribution in [3.8, 4) is 0 Å². The van der Waals surface area contributed by atoms with Crippen molar-refractivity contribution < 1.29 is 9.59 Å². The second kappa shape index (κ2) is 7.23. The average molecular weight is 343 g/mol. The van der Waals surface area contributed by atoms with Crippen molar-refractivity contribution in [3.05, 3.63) is 30.1 Å². The number of piperidine rings is 1. The van der Waals surface area contributed by atoms with E-state index in [-0.39, 0.29) is 18.4 Å². The lowest BCUT2D eigenvalue weighted by Crippen LogP contribution is -2.45. The van der Waals surface area contributed by atoms with Gasteiger partial charge in [0, 0.05) is 18.5 Å². The largest absolute Gasteiger partial charge is 0.351 e. The van der Waals surface area contributed by atoms with Gasteiger partial charge in [0.15, 0.2) is 0 Å². The molecule has 3 N–H and O–H groups in total. The van der Waals surface area contributed by atoms with Crippen molar-refractivity contribution in [1.82, 2.24) is 19.8 Å². The number of urea groups is 1. The zero-order valence-electron chi connectivity index (χ0n) is 14.7. The van der Waals surface area contributed by atoms with Crippen molar-refractivity contribution in [1.29, 1.82) is 0 Å². The van der Waals surface area contributed by atoms with Crippen LogP contribution in [0.25, 0.3) is 11.0 Å². The molecule has 2 aromatic rings. The summed E-state index contributed by atoms with van der Waals surface area (Å²) in [7, 11) is 0. The number of amides is 3. The molecule has 0 saturated carbocycles. The molecule has 1 atom stereocenters. The first kappa shape index (κ1) is 17.4. The second-order valence-electron chi connectivity index (χ2n) is 6.91. The number of rotatable bonds is 4. The van der Waals surface area contributed by atoms with Gasteiger partial charge in [-0.05, 0) is 45.4 Å². The number of nitrogens with zero attached hydrogens (tertiary/aromatic N) is 3. The molecular weight excluding hydrogens is 318 g/mol. The lowest BCUT2D eigenvalue weighted by molar-refractivity contribution is -0.121. The number of likely N-dealkylation sites (tertiary alicyclic amines) is 1. The summed E-state index contributed by atoms with van der Waals surface area (Å²) in [6.45, 7) is 6.10. The number of fused-ring (bicyclic) bond motifs is 1. The summed E-state index contributed by atoms with van der Waals surface area (Å²) in [5.74, 6) is 0.992. The second-order valence-corrected chi connectivity index (χ2v) is 6.91. The van der Waals surface area contributed by atoms with Crippen LogP contribution in [0.4, 0.5) is 4.79 Å². The van der Waals surface area contributed by atoms with Gasteiger partial charge in [-0.25, -0.2) is 9.78 Å². The minimum Gasteiger partial charge on any atom is -0.351 e. The van der Waals surface area contributed by atoms with E-state index in [1.54, 1.807) is 0 Å². The summed E-state index contributed by atoms with van der Waals surface area (Å²) < 4.78 is 2.30. The maximum atomic E-state index is 11.8. The van der Waals surface area contributed by atoms with E-state index in [4.69, 9.17) is 10.7 Å². The van der Waals surface area contributed by atoms with Crippen molar-refractivity contribution in [2.24, 2.45) is 5.73 Å². The van der Waals surface area contributed by atoms with Gasteiger partial charge in [0.05, 0.1) is 17.6 Å². The van der Waals surface area contributed by atoms with Crippen LogP contribution in [0, 0.1) is 0 Å². The highest BCUT2D eigenvalue weighted by molar-refractivity contribution is 5.94. The summed E-state index contributed by atoms with van der Waals surface area (Å²) >= 11 is 0. The minimum absolute atomic E-state index is 0.182. The highest BCUT2D eigenvalue weighted by Crippen LogP contribution is 2.31. The van der Waals surface area contributed by atoms with Gasteiger partial charge in [-0.15, -0.1) is 0 Å². The van der Waals surface area contributed by atoms with E-state index < -0.39 is 6.03 Å². The van der Waals surface area contributed by atoms with E-state index in [1.165, 1.54) is 0 Å². The Morgan fingerprint density at radius 3 is 2.84 bits per heavy atom. The standard InChI is InChI=1S/C18H25N5O2/c1-12(2)23-15-8-4-3-7-14(15)20-17(23)13-6-5-9-22(10-13)11-16(24)21-18(19)25/h3-4,7-8,12-13H,5-6,9-11H2,1-2H3,(H3,19,21,24,25)/t13-/m0/s1. The Morgan fingerprint density at radius 2 is 2.12 bits per heavy atom. The fourth-order valence-electron chi connectivity index (χ4n) is 3.68. The van der Waals surface area contributed by atoms with Crippen molar-refractivity contribution >= 4 is 23.0 Å². The van der Waals surface area contributed by atoms with Crippen molar-refractivity contribution in [2.45, 2.75) is 38.6 Å². The van der Waals surface area contributed by atoms with Gasteiger partial charge in [0.25, 0.3) is 0 Å². The van der Waals surface area contributed by atoms with E-state index in [1.807, 2.05) is 18.2 Å². The number of hydrogen-bond donors (Lipinski definition) is 2. The molecule has 0 aliphatic carbocycles. The zero-order valence-corrected chi connectivity index (χ0v) is 14.7. The maximum Gasteiger partial charge on any atom is 0.318 e. The molecule has 0 bridgehead atoms. The predicted molar refractivity (Wildman–Crippen MR) is 96.3 cm³/mol. The van der Waals surface area contributed by atoms with Crippen LogP contribution in [0.15, 0.2) is 24.3 Å². The lowest BCUT2D eigenvalue weighted by Gasteiger charge is -2.32. The average Bonchev–Trinajstić information content (AvgIpc) is 2.94. The number of primary amides is 1. The first-order valence-electron chi connectivity index (χ1n) is 8.74. The van der Waals surface area contributed by atoms with Crippen LogP contribution in [-0.4, -0.2) is 46.0 Å². The first-order chi connectivity index (χ1) is 12.0. The van der Waals surface area contributed by atoms with Gasteiger partial charge in [-0.3, -0.25) is 15.0 Å². The minimum atomic E-state index is -0.805. The Balaban J connectivity index is 1.82. The molecule has 0 spiro atoms. The number of para-hydroxylation sites is 2. The van der Waals surface area contributed by atoms with Crippen LogP contribution in [0.5, 0.6) is 0 Å². The molecule has 1 aromatic carbocycles. The van der Waals surface area contributed by atoms with E-state index in [0.717, 1.165) is 42.8 Å². The number of nitrogens with one attached hydrogen (secondary N) is 1. The molecule has 1 aliphatic heterocycles. The number of benzene rings is 1. The molecule has 0 radical (unpaired) electrons. The third kappa shape index (κ3) is 3.82. The molecule has 134 valence electrons. The van der Waals surface area contributed by atoms with Crippen molar-refractivity contribution in [3.63, 3.8) is 0 Å². The molecule has 1 aliphatic rings. The van der Waals surface area contributed by atoms with Gasteiger partial charge in [0.1, 0.15) is 5.82 Å². The van der Waals surface area contributed by atoms with Gasteiger partial charge < -0.3 is 10.3 Å². The Labute approximate surface area is 147 Å². The van der Waals surface area contributed by atoms with Gasteiger partial charge in [-0.2, -0.15) is 0 Å². The van der Waals surface area contributed by atoms with Crippen LogP contribution in [0.3, 0.4) is 0 Å². The molecular formula is C18H25N5O2. The van der Waals surface area contributed by atoms with Gasteiger partial charge >= 0.3 is 6.03 Å². The number of nitrogens with two attached hydrogens (primary N) is 1. The molecule has 25 heavy (non-hydrogen) atoms. The summed E-state index contributed by atoms with van der Waals surface area (Å²) in [4.78, 5) is 29.6. The van der Waals surface area contributed by atoms with E-state index >= 15 is 0 Å². The number of carbonyl (C=O) groups excluding carboxylic acids is 2. The molecule has 7 heteroatoms. The quantitative estimate of drug-likeness (QED) is 0.888. The van der Waals surface area contributed by atoms with E-state index in [2.05, 4.69) is 34.7 Å². The number of aromatic nitrogens is 2. The Hall–Kier alpha value is -2.41. The summed E-state index contributed by atoms with van der Waals surface area (Å²) in [5.41, 5.74) is 7.17. The maximum absolute atomic E-state index is 11.8. The van der Waals surface area contributed by atoms with Crippen LogP contribution in [-0.2, 0) is 4.79 Å². The fourth-order valence-corrected chi connectivity index (χ4v) is 3.68. The smallest absolute Gasteiger partial charge is 0.318 e. The predicted octanol–water partition coefficient (Wildman–Crippen LogP) is 1.99. The molecule has 7 nitrogen and oxygen atoms in total. The number of imidazole rings is 1. The fraction of sp³-hybridized carbons (Fsp3) is 0.500. The third-order valence-corrected chi connectivity index (χ3v) is 4.64. The van der Waals surface area contributed by atoms with Gasteiger partial charge in [-0.1, -0.05) is 12.1 Å². The molecule has 0 unspecified atom stereocenters. The lowest BCUT2D eigenvalue weighted by atomic mass is 9.97. The van der Waals surface area contributed by atoms with E-state index in [9.17, 15) is 9.59 Å². The summed E-state index contributed by atoms with van der Waals surface area (Å²) in [6.07, 6.45) is 2.04. The normalized spacial score (nSPS) is 18.6. The van der Waals surface area contributed by atoms with Crippen LogP contribution in [0.2, 0.25) is 0 Å². The monoisotopic (exact) mass is 343 g/mol.